The third-order valence-electron chi connectivity index (χ3n) is 6.20. The van der Waals surface area contributed by atoms with Crippen molar-refractivity contribution < 1.29 is 4.79 Å². The summed E-state index contributed by atoms with van der Waals surface area (Å²) in [5.41, 5.74) is 5.59. The second-order valence-electron chi connectivity index (χ2n) is 8.32. The van der Waals surface area contributed by atoms with Gasteiger partial charge in [-0.1, -0.05) is 72.8 Å². The van der Waals surface area contributed by atoms with E-state index in [4.69, 9.17) is 4.98 Å². The second kappa shape index (κ2) is 8.53. The molecule has 1 unspecified atom stereocenters. The van der Waals surface area contributed by atoms with Crippen molar-refractivity contribution in [2.24, 2.45) is 7.05 Å². The Kier molecular flexibility index (Phi) is 5.07. The molecule has 1 amide bonds. The van der Waals surface area contributed by atoms with Crippen LogP contribution in [0.1, 0.15) is 27.8 Å². The molecule has 0 aliphatic heterocycles. The van der Waals surface area contributed by atoms with Crippen molar-refractivity contribution in [3.63, 3.8) is 0 Å². The van der Waals surface area contributed by atoms with Crippen LogP contribution in [0.15, 0.2) is 103 Å². The maximum Gasteiger partial charge on any atom is 0.257 e. The van der Waals surface area contributed by atoms with Crippen molar-refractivity contribution in [2.45, 2.75) is 6.04 Å². The molecule has 0 fully saturated rings. The number of aromatic nitrogens is 5. The number of hydrogen-bond donors (Lipinski definition) is 1. The first kappa shape index (κ1) is 20.8. The predicted octanol–water partition coefficient (Wildman–Crippen LogP) is 4.80. The lowest BCUT2D eigenvalue weighted by molar-refractivity contribution is 0.0942. The van der Waals surface area contributed by atoms with Gasteiger partial charge in [-0.25, -0.2) is 14.5 Å². The third kappa shape index (κ3) is 3.63. The van der Waals surface area contributed by atoms with Gasteiger partial charge in [0.25, 0.3) is 5.91 Å². The second-order valence-corrected chi connectivity index (χ2v) is 8.32. The Morgan fingerprint density at radius 1 is 0.886 bits per heavy atom. The minimum absolute atomic E-state index is 0.265. The van der Waals surface area contributed by atoms with E-state index in [2.05, 4.69) is 15.4 Å². The summed E-state index contributed by atoms with van der Waals surface area (Å²) < 4.78 is 3.73. The third-order valence-corrected chi connectivity index (χ3v) is 6.20. The molecule has 7 heteroatoms. The first-order valence-corrected chi connectivity index (χ1v) is 11.4. The van der Waals surface area contributed by atoms with Crippen LogP contribution in [0.3, 0.4) is 0 Å². The van der Waals surface area contributed by atoms with E-state index in [9.17, 15) is 4.79 Å². The number of fused-ring (bicyclic) bond motifs is 2. The molecule has 3 aromatic heterocycles. The van der Waals surface area contributed by atoms with Gasteiger partial charge in [0.05, 0.1) is 22.9 Å². The molecule has 7 nitrogen and oxygen atoms in total. The smallest absolute Gasteiger partial charge is 0.257 e. The lowest BCUT2D eigenvalue weighted by Gasteiger charge is -2.19. The van der Waals surface area contributed by atoms with E-state index in [0.29, 0.717) is 11.2 Å². The number of para-hydroxylation sites is 2. The number of aryl methyl sites for hydroxylation is 1. The summed E-state index contributed by atoms with van der Waals surface area (Å²) >= 11 is 0. The van der Waals surface area contributed by atoms with Crippen molar-refractivity contribution in [3.05, 3.63) is 120 Å². The van der Waals surface area contributed by atoms with Crippen molar-refractivity contribution in [1.29, 1.82) is 0 Å². The van der Waals surface area contributed by atoms with Gasteiger partial charge >= 0.3 is 0 Å². The van der Waals surface area contributed by atoms with Gasteiger partial charge in [-0.05, 0) is 23.8 Å². The summed E-state index contributed by atoms with van der Waals surface area (Å²) in [6, 6.07) is 29.2. The van der Waals surface area contributed by atoms with Crippen molar-refractivity contribution >= 4 is 22.6 Å². The van der Waals surface area contributed by atoms with Gasteiger partial charge in [0.2, 0.25) is 0 Å². The number of benzene rings is 3. The molecule has 3 heterocycles. The van der Waals surface area contributed by atoms with Crippen LogP contribution in [0.5, 0.6) is 0 Å². The Morgan fingerprint density at radius 2 is 1.60 bits per heavy atom. The largest absolute Gasteiger partial charge is 0.338 e. The number of carbonyl (C=O) groups is 1. The maximum atomic E-state index is 13.6. The molecule has 0 radical (unpaired) electrons. The summed E-state index contributed by atoms with van der Waals surface area (Å²) in [5, 5.41) is 7.68. The van der Waals surface area contributed by atoms with E-state index in [1.807, 2.05) is 103 Å². The van der Waals surface area contributed by atoms with E-state index >= 15 is 0 Å². The summed E-state index contributed by atoms with van der Waals surface area (Å²) in [5.74, 6) is 0.485. The fraction of sp³-hybridized carbons (Fsp3) is 0.0714. The van der Waals surface area contributed by atoms with Gasteiger partial charge in [-0.15, -0.1) is 0 Å². The quantitative estimate of drug-likeness (QED) is 0.403. The molecule has 170 valence electrons. The highest BCUT2D eigenvalue weighted by Gasteiger charge is 2.25. The van der Waals surface area contributed by atoms with Gasteiger partial charge < -0.3 is 9.88 Å². The molecule has 3 aromatic carbocycles. The lowest BCUT2D eigenvalue weighted by Crippen LogP contribution is -2.31. The number of carbonyl (C=O) groups excluding carboxylic acids is 1. The Morgan fingerprint density at radius 3 is 2.37 bits per heavy atom. The number of nitrogens with zero attached hydrogens (tertiary/aromatic N) is 5. The average Bonchev–Trinajstić information content (AvgIpc) is 3.50. The number of nitrogens with one attached hydrogen (secondary N) is 1. The zero-order valence-electron chi connectivity index (χ0n) is 19.0. The Labute approximate surface area is 201 Å². The number of rotatable bonds is 5. The van der Waals surface area contributed by atoms with Gasteiger partial charge in [0.15, 0.2) is 5.65 Å². The summed E-state index contributed by atoms with van der Waals surface area (Å²) in [6.45, 7) is 0. The van der Waals surface area contributed by atoms with Gasteiger partial charge in [-0.2, -0.15) is 5.10 Å². The maximum absolute atomic E-state index is 13.6. The molecule has 0 bridgehead atoms. The molecule has 1 N–H and O–H groups in total. The number of hydrogen-bond acceptors (Lipinski definition) is 4. The highest BCUT2D eigenvalue weighted by molar-refractivity contribution is 6.00. The standard InChI is InChI=1S/C28H22N6O/c1-33-24-15-9-8-14-22(24)31-27(33)25(20-12-6-3-7-13-20)32-28(35)21-18-30-34-23(16-17-29-26(21)34)19-10-4-2-5-11-19/h2-18,25H,1H3,(H,32,35). The fourth-order valence-electron chi connectivity index (χ4n) is 4.45. The van der Waals surface area contributed by atoms with Crippen molar-refractivity contribution in [1.82, 2.24) is 29.5 Å². The Hall–Kier alpha value is -4.78. The van der Waals surface area contributed by atoms with E-state index in [1.54, 1.807) is 16.9 Å². The van der Waals surface area contributed by atoms with Crippen molar-refractivity contribution in [3.8, 4) is 11.3 Å². The van der Waals surface area contributed by atoms with Gasteiger partial charge in [0, 0.05) is 18.8 Å². The highest BCUT2D eigenvalue weighted by atomic mass is 16.1. The molecule has 0 saturated carbocycles. The molecule has 1 atom stereocenters. The predicted molar refractivity (Wildman–Crippen MR) is 135 cm³/mol. The first-order valence-electron chi connectivity index (χ1n) is 11.4. The molecule has 0 saturated heterocycles. The zero-order valence-corrected chi connectivity index (χ0v) is 19.0. The highest BCUT2D eigenvalue weighted by Crippen LogP contribution is 2.26. The lowest BCUT2D eigenvalue weighted by atomic mass is 10.1. The van der Waals surface area contributed by atoms with Crippen LogP contribution in [0.2, 0.25) is 0 Å². The minimum atomic E-state index is -0.451. The molecule has 6 rings (SSSR count). The topological polar surface area (TPSA) is 77.1 Å². The zero-order chi connectivity index (χ0) is 23.8. The van der Waals surface area contributed by atoms with E-state index in [0.717, 1.165) is 33.7 Å². The van der Waals surface area contributed by atoms with Crippen LogP contribution in [-0.4, -0.2) is 30.1 Å². The van der Waals surface area contributed by atoms with Gasteiger partial charge in [-0.3, -0.25) is 4.79 Å². The van der Waals surface area contributed by atoms with E-state index < -0.39 is 6.04 Å². The van der Waals surface area contributed by atoms with Crippen LogP contribution in [0.4, 0.5) is 0 Å². The number of amides is 1. The average molecular weight is 459 g/mol. The SMILES string of the molecule is Cn1c(C(NC(=O)c2cnn3c(-c4ccccc4)ccnc23)c2ccccc2)nc2ccccc21. The molecule has 6 aromatic rings. The van der Waals surface area contributed by atoms with E-state index in [-0.39, 0.29) is 5.91 Å². The summed E-state index contributed by atoms with van der Waals surface area (Å²) in [4.78, 5) is 22.9. The first-order chi connectivity index (χ1) is 17.2. The van der Waals surface area contributed by atoms with Crippen molar-refractivity contribution in [2.75, 3.05) is 0 Å². The Bertz CT molecular complexity index is 1650. The molecule has 0 aliphatic carbocycles. The molecular weight excluding hydrogens is 436 g/mol. The Balaban J connectivity index is 1.42. The molecule has 0 aliphatic rings. The summed E-state index contributed by atoms with van der Waals surface area (Å²) in [6.07, 6.45) is 3.28. The normalized spacial score (nSPS) is 12.1. The number of imidazole rings is 1. The van der Waals surface area contributed by atoms with Crippen LogP contribution < -0.4 is 5.32 Å². The van der Waals surface area contributed by atoms with E-state index in [1.165, 1.54) is 0 Å². The van der Waals surface area contributed by atoms with Crippen LogP contribution in [0, 0.1) is 0 Å². The molecular formula is C28H22N6O. The van der Waals surface area contributed by atoms with Crippen LogP contribution >= 0.6 is 0 Å². The van der Waals surface area contributed by atoms with Crippen LogP contribution in [-0.2, 0) is 7.05 Å². The van der Waals surface area contributed by atoms with Crippen LogP contribution in [0.25, 0.3) is 27.9 Å². The molecule has 35 heavy (non-hydrogen) atoms. The minimum Gasteiger partial charge on any atom is -0.338 e. The van der Waals surface area contributed by atoms with Gasteiger partial charge in [0.1, 0.15) is 17.4 Å². The summed E-state index contributed by atoms with van der Waals surface area (Å²) in [7, 11) is 1.97. The fourth-order valence-corrected chi connectivity index (χ4v) is 4.45. The monoisotopic (exact) mass is 458 g/mol. The molecule has 0 spiro atoms.